The van der Waals surface area contributed by atoms with Crippen molar-refractivity contribution in [2.45, 2.75) is 25.8 Å². The van der Waals surface area contributed by atoms with E-state index in [0.717, 1.165) is 18.4 Å². The summed E-state index contributed by atoms with van der Waals surface area (Å²) in [5.74, 6) is 0.546. The lowest BCUT2D eigenvalue weighted by Gasteiger charge is -2.13. The molecule has 2 aromatic carbocycles. The summed E-state index contributed by atoms with van der Waals surface area (Å²) < 4.78 is 11.2. The molecule has 7 heteroatoms. The average molecular weight is 433 g/mol. The van der Waals surface area contributed by atoms with Crippen molar-refractivity contribution in [1.29, 1.82) is 0 Å². The summed E-state index contributed by atoms with van der Waals surface area (Å²) >= 11 is 3.39. The molecule has 0 atom stereocenters. The molecule has 1 aliphatic rings. The van der Waals surface area contributed by atoms with Gasteiger partial charge in [-0.2, -0.15) is 0 Å². The SMILES string of the molecule is COc1cc(C(=O)Nc2cc(C(=O)NC3CC3)ccc2C)cc(OC)c1Br. The maximum absolute atomic E-state index is 12.7. The lowest BCUT2D eigenvalue weighted by Crippen LogP contribution is -2.25. The zero-order valence-electron chi connectivity index (χ0n) is 15.4. The van der Waals surface area contributed by atoms with Gasteiger partial charge in [-0.15, -0.1) is 0 Å². The number of aryl methyl sites for hydroxylation is 1. The van der Waals surface area contributed by atoms with Crippen LogP contribution in [0.5, 0.6) is 11.5 Å². The second-order valence-corrected chi connectivity index (χ2v) is 7.22. The molecular formula is C20H21BrN2O4. The normalized spacial score (nSPS) is 13.0. The Labute approximate surface area is 166 Å². The van der Waals surface area contributed by atoms with Gasteiger partial charge in [0.1, 0.15) is 16.0 Å². The van der Waals surface area contributed by atoms with E-state index >= 15 is 0 Å². The molecule has 0 unspecified atom stereocenters. The van der Waals surface area contributed by atoms with E-state index in [-0.39, 0.29) is 17.9 Å². The van der Waals surface area contributed by atoms with Crippen LogP contribution in [0.25, 0.3) is 0 Å². The van der Waals surface area contributed by atoms with Gasteiger partial charge in [-0.1, -0.05) is 6.07 Å². The third-order valence-electron chi connectivity index (χ3n) is 4.37. The molecule has 2 aromatic rings. The summed E-state index contributed by atoms with van der Waals surface area (Å²) in [6.07, 6.45) is 2.04. The highest BCUT2D eigenvalue weighted by atomic mass is 79.9. The highest BCUT2D eigenvalue weighted by Crippen LogP contribution is 2.36. The Balaban J connectivity index is 1.84. The quantitative estimate of drug-likeness (QED) is 0.724. The Morgan fingerprint density at radius 3 is 2.19 bits per heavy atom. The molecule has 3 rings (SSSR count). The van der Waals surface area contributed by atoms with Gasteiger partial charge < -0.3 is 20.1 Å². The number of methoxy groups -OCH3 is 2. The minimum atomic E-state index is -0.318. The fourth-order valence-electron chi connectivity index (χ4n) is 2.59. The van der Waals surface area contributed by atoms with Crippen LogP contribution in [0.4, 0.5) is 5.69 Å². The van der Waals surface area contributed by atoms with Crippen LogP contribution in [-0.4, -0.2) is 32.1 Å². The zero-order chi connectivity index (χ0) is 19.6. The summed E-state index contributed by atoms with van der Waals surface area (Å²) in [4.78, 5) is 25.0. The first-order chi connectivity index (χ1) is 12.9. The van der Waals surface area contributed by atoms with Gasteiger partial charge in [-0.05, 0) is 65.5 Å². The fourth-order valence-corrected chi connectivity index (χ4v) is 3.14. The first kappa shape index (κ1) is 19.2. The van der Waals surface area contributed by atoms with Gasteiger partial charge in [-0.3, -0.25) is 9.59 Å². The Morgan fingerprint density at radius 1 is 1.00 bits per heavy atom. The van der Waals surface area contributed by atoms with Crippen molar-refractivity contribution in [3.8, 4) is 11.5 Å². The number of carbonyl (C=O) groups excluding carboxylic acids is 2. The molecule has 0 heterocycles. The lowest BCUT2D eigenvalue weighted by atomic mass is 10.1. The number of hydrogen-bond donors (Lipinski definition) is 2. The predicted octanol–water partition coefficient (Wildman–Crippen LogP) is 3.92. The van der Waals surface area contributed by atoms with E-state index in [1.807, 2.05) is 13.0 Å². The summed E-state index contributed by atoms with van der Waals surface area (Å²) in [7, 11) is 3.04. The smallest absolute Gasteiger partial charge is 0.255 e. The second-order valence-electron chi connectivity index (χ2n) is 6.43. The van der Waals surface area contributed by atoms with Crippen molar-refractivity contribution in [2.75, 3.05) is 19.5 Å². The van der Waals surface area contributed by atoms with E-state index < -0.39 is 0 Å². The molecule has 0 bridgehead atoms. The van der Waals surface area contributed by atoms with Crippen LogP contribution in [0.15, 0.2) is 34.8 Å². The second kappa shape index (κ2) is 8.00. The van der Waals surface area contributed by atoms with Gasteiger partial charge in [0, 0.05) is 22.9 Å². The maximum Gasteiger partial charge on any atom is 0.255 e. The van der Waals surface area contributed by atoms with E-state index in [1.165, 1.54) is 14.2 Å². The van der Waals surface area contributed by atoms with Crippen molar-refractivity contribution in [3.63, 3.8) is 0 Å². The third-order valence-corrected chi connectivity index (χ3v) is 5.15. The molecule has 0 aliphatic heterocycles. The molecule has 0 radical (unpaired) electrons. The van der Waals surface area contributed by atoms with Crippen molar-refractivity contribution in [2.24, 2.45) is 0 Å². The number of halogens is 1. The van der Waals surface area contributed by atoms with Crippen LogP contribution in [0, 0.1) is 6.92 Å². The molecule has 2 N–H and O–H groups in total. The number of nitrogens with one attached hydrogen (secondary N) is 2. The van der Waals surface area contributed by atoms with Crippen LogP contribution in [0.2, 0.25) is 0 Å². The summed E-state index contributed by atoms with van der Waals surface area (Å²) in [6.45, 7) is 1.88. The van der Waals surface area contributed by atoms with Crippen LogP contribution in [0.3, 0.4) is 0 Å². The number of ether oxygens (including phenoxy) is 2. The van der Waals surface area contributed by atoms with Crippen LogP contribution < -0.4 is 20.1 Å². The lowest BCUT2D eigenvalue weighted by molar-refractivity contribution is 0.0949. The number of rotatable bonds is 6. The van der Waals surface area contributed by atoms with Crippen LogP contribution >= 0.6 is 15.9 Å². The topological polar surface area (TPSA) is 76.7 Å². The molecule has 0 aromatic heterocycles. The molecule has 2 amide bonds. The first-order valence-corrected chi connectivity index (χ1v) is 9.36. The number of hydrogen-bond acceptors (Lipinski definition) is 4. The van der Waals surface area contributed by atoms with E-state index in [2.05, 4.69) is 26.6 Å². The van der Waals surface area contributed by atoms with E-state index in [0.29, 0.717) is 32.8 Å². The largest absolute Gasteiger partial charge is 0.495 e. The molecule has 142 valence electrons. The monoisotopic (exact) mass is 432 g/mol. The Kier molecular flexibility index (Phi) is 5.70. The first-order valence-electron chi connectivity index (χ1n) is 8.57. The summed E-state index contributed by atoms with van der Waals surface area (Å²) in [5, 5.41) is 5.82. The molecule has 6 nitrogen and oxygen atoms in total. The molecular weight excluding hydrogens is 412 g/mol. The maximum atomic E-state index is 12.7. The molecule has 0 saturated heterocycles. The molecule has 0 spiro atoms. The van der Waals surface area contributed by atoms with Gasteiger partial charge in [0.05, 0.1) is 14.2 Å². The van der Waals surface area contributed by atoms with Crippen molar-refractivity contribution in [1.82, 2.24) is 5.32 Å². The molecule has 27 heavy (non-hydrogen) atoms. The van der Waals surface area contributed by atoms with Gasteiger partial charge in [0.15, 0.2) is 0 Å². The molecule has 1 aliphatic carbocycles. The van der Waals surface area contributed by atoms with Gasteiger partial charge >= 0.3 is 0 Å². The average Bonchev–Trinajstić information content (AvgIpc) is 3.47. The van der Waals surface area contributed by atoms with Crippen LogP contribution in [0.1, 0.15) is 39.1 Å². The van der Waals surface area contributed by atoms with Gasteiger partial charge in [0.25, 0.3) is 11.8 Å². The Bertz CT molecular complexity index is 869. The minimum absolute atomic E-state index is 0.125. The van der Waals surface area contributed by atoms with Crippen molar-refractivity contribution < 1.29 is 19.1 Å². The van der Waals surface area contributed by atoms with Crippen LogP contribution in [-0.2, 0) is 0 Å². The highest BCUT2D eigenvalue weighted by Gasteiger charge is 2.24. The van der Waals surface area contributed by atoms with Gasteiger partial charge in [0.2, 0.25) is 0 Å². The molecule has 1 saturated carbocycles. The summed E-state index contributed by atoms with van der Waals surface area (Å²) in [5.41, 5.74) is 2.36. The minimum Gasteiger partial charge on any atom is -0.495 e. The van der Waals surface area contributed by atoms with Crippen molar-refractivity contribution >= 4 is 33.4 Å². The van der Waals surface area contributed by atoms with E-state index in [1.54, 1.807) is 24.3 Å². The Morgan fingerprint density at radius 2 is 1.63 bits per heavy atom. The zero-order valence-corrected chi connectivity index (χ0v) is 17.0. The number of benzene rings is 2. The number of amides is 2. The van der Waals surface area contributed by atoms with E-state index in [9.17, 15) is 9.59 Å². The standard InChI is InChI=1S/C20H21BrN2O4/c1-11-4-5-12(19(24)22-14-6-7-14)8-15(11)23-20(25)13-9-16(26-2)18(21)17(10-13)27-3/h4-5,8-10,14H,6-7H2,1-3H3,(H,22,24)(H,23,25). The number of carbonyl (C=O) groups is 2. The van der Waals surface area contributed by atoms with E-state index in [4.69, 9.17) is 9.47 Å². The highest BCUT2D eigenvalue weighted by molar-refractivity contribution is 9.10. The third kappa shape index (κ3) is 4.42. The number of anilines is 1. The van der Waals surface area contributed by atoms with Crippen molar-refractivity contribution in [3.05, 3.63) is 51.5 Å². The predicted molar refractivity (Wildman–Crippen MR) is 107 cm³/mol. The molecule has 1 fully saturated rings. The fraction of sp³-hybridized carbons (Fsp3) is 0.300. The summed E-state index contributed by atoms with van der Waals surface area (Å²) in [6, 6.07) is 8.80. The Hall–Kier alpha value is -2.54. The van der Waals surface area contributed by atoms with Gasteiger partial charge in [-0.25, -0.2) is 0 Å².